The number of anilines is 1. The van der Waals surface area contributed by atoms with Gasteiger partial charge in [0.25, 0.3) is 0 Å². The van der Waals surface area contributed by atoms with Crippen molar-refractivity contribution in [1.29, 1.82) is 0 Å². The molecular weight excluding hydrogens is 152 g/mol. The van der Waals surface area contributed by atoms with Crippen LogP contribution in [0.2, 0.25) is 0 Å². The molecule has 12 heavy (non-hydrogen) atoms. The van der Waals surface area contributed by atoms with E-state index in [1.165, 1.54) is 0 Å². The van der Waals surface area contributed by atoms with Gasteiger partial charge in [-0.05, 0) is 13.6 Å². The van der Waals surface area contributed by atoms with Crippen molar-refractivity contribution in [3.05, 3.63) is 12.4 Å². The van der Waals surface area contributed by atoms with E-state index in [4.69, 9.17) is 5.73 Å². The summed E-state index contributed by atoms with van der Waals surface area (Å²) in [6.07, 6.45) is 3.52. The zero-order valence-electron chi connectivity index (χ0n) is 7.70. The molecule has 0 aliphatic carbocycles. The van der Waals surface area contributed by atoms with Crippen molar-refractivity contribution in [3.8, 4) is 0 Å². The number of aromatic nitrogens is 2. The highest BCUT2D eigenvalue weighted by Crippen LogP contribution is 1.97. The van der Waals surface area contributed by atoms with Crippen molar-refractivity contribution in [1.82, 2.24) is 14.7 Å². The Morgan fingerprint density at radius 1 is 1.67 bits per heavy atom. The monoisotopic (exact) mass is 168 g/mol. The zero-order valence-corrected chi connectivity index (χ0v) is 7.70. The van der Waals surface area contributed by atoms with Crippen LogP contribution in [-0.4, -0.2) is 34.8 Å². The molecule has 0 saturated carbocycles. The van der Waals surface area contributed by atoms with Crippen LogP contribution in [0.25, 0.3) is 0 Å². The fourth-order valence-electron chi connectivity index (χ4n) is 0.933. The standard InChI is InChI=1S/C8H16N4/c1-3-11(2)4-5-12-7-8(9)6-10-12/h6-7H,3-5,9H2,1-2H3. The maximum absolute atomic E-state index is 5.52. The van der Waals surface area contributed by atoms with E-state index in [9.17, 15) is 0 Å². The second kappa shape index (κ2) is 4.11. The Morgan fingerprint density at radius 2 is 2.42 bits per heavy atom. The van der Waals surface area contributed by atoms with E-state index in [1.54, 1.807) is 6.20 Å². The molecule has 0 bridgehead atoms. The van der Waals surface area contributed by atoms with Crippen LogP contribution in [0.1, 0.15) is 6.92 Å². The number of likely N-dealkylation sites (N-methyl/N-ethyl adjacent to an activating group) is 1. The molecule has 0 radical (unpaired) electrons. The minimum Gasteiger partial charge on any atom is -0.396 e. The number of nitrogens with two attached hydrogens (primary N) is 1. The molecule has 1 heterocycles. The lowest BCUT2D eigenvalue weighted by Gasteiger charge is -2.12. The molecule has 0 aromatic carbocycles. The summed E-state index contributed by atoms with van der Waals surface area (Å²) in [4.78, 5) is 2.23. The van der Waals surface area contributed by atoms with Crippen molar-refractivity contribution in [2.24, 2.45) is 0 Å². The Bertz CT molecular complexity index is 231. The van der Waals surface area contributed by atoms with Crippen molar-refractivity contribution in [2.75, 3.05) is 25.9 Å². The fraction of sp³-hybridized carbons (Fsp3) is 0.625. The first-order valence-corrected chi connectivity index (χ1v) is 4.19. The molecule has 68 valence electrons. The van der Waals surface area contributed by atoms with Crippen LogP contribution < -0.4 is 5.73 Å². The number of nitrogen functional groups attached to an aromatic ring is 1. The van der Waals surface area contributed by atoms with Crippen LogP contribution in [-0.2, 0) is 6.54 Å². The van der Waals surface area contributed by atoms with Gasteiger partial charge < -0.3 is 10.6 Å². The molecule has 0 saturated heterocycles. The summed E-state index contributed by atoms with van der Waals surface area (Å²) >= 11 is 0. The van der Waals surface area contributed by atoms with E-state index >= 15 is 0 Å². The number of hydrogen-bond acceptors (Lipinski definition) is 3. The van der Waals surface area contributed by atoms with Crippen LogP contribution in [0, 0.1) is 0 Å². The highest BCUT2D eigenvalue weighted by molar-refractivity contribution is 5.30. The van der Waals surface area contributed by atoms with Gasteiger partial charge in [0.2, 0.25) is 0 Å². The van der Waals surface area contributed by atoms with Crippen LogP contribution in [0.5, 0.6) is 0 Å². The third-order valence-corrected chi connectivity index (χ3v) is 1.90. The Hall–Kier alpha value is -1.03. The van der Waals surface area contributed by atoms with Crippen LogP contribution in [0.4, 0.5) is 5.69 Å². The highest BCUT2D eigenvalue weighted by atomic mass is 15.3. The van der Waals surface area contributed by atoms with Gasteiger partial charge in [-0.25, -0.2) is 0 Å². The first-order valence-electron chi connectivity index (χ1n) is 4.19. The van der Waals surface area contributed by atoms with E-state index in [1.807, 2.05) is 10.9 Å². The van der Waals surface area contributed by atoms with Crippen molar-refractivity contribution < 1.29 is 0 Å². The minimum atomic E-state index is 0.731. The van der Waals surface area contributed by atoms with E-state index in [2.05, 4.69) is 24.0 Å². The summed E-state index contributed by atoms with van der Waals surface area (Å²) in [5.41, 5.74) is 6.25. The summed E-state index contributed by atoms with van der Waals surface area (Å²) in [6.45, 7) is 5.12. The maximum atomic E-state index is 5.52. The molecule has 2 N–H and O–H groups in total. The van der Waals surface area contributed by atoms with E-state index in [0.717, 1.165) is 25.3 Å². The molecule has 0 aliphatic heterocycles. The third kappa shape index (κ3) is 2.54. The van der Waals surface area contributed by atoms with Gasteiger partial charge in [-0.15, -0.1) is 0 Å². The molecule has 0 spiro atoms. The average molecular weight is 168 g/mol. The van der Waals surface area contributed by atoms with Gasteiger partial charge in [0.1, 0.15) is 0 Å². The lowest BCUT2D eigenvalue weighted by atomic mass is 10.5. The van der Waals surface area contributed by atoms with Gasteiger partial charge >= 0.3 is 0 Å². The topological polar surface area (TPSA) is 47.1 Å². The van der Waals surface area contributed by atoms with Crippen molar-refractivity contribution in [2.45, 2.75) is 13.5 Å². The van der Waals surface area contributed by atoms with E-state index in [-0.39, 0.29) is 0 Å². The molecule has 1 aromatic rings. The summed E-state index contributed by atoms with van der Waals surface area (Å²) in [6, 6.07) is 0. The fourth-order valence-corrected chi connectivity index (χ4v) is 0.933. The first kappa shape index (κ1) is 9.06. The van der Waals surface area contributed by atoms with Crippen molar-refractivity contribution >= 4 is 5.69 Å². The molecule has 0 atom stereocenters. The van der Waals surface area contributed by atoms with Gasteiger partial charge in [-0.1, -0.05) is 6.92 Å². The Balaban J connectivity index is 2.33. The van der Waals surface area contributed by atoms with E-state index < -0.39 is 0 Å². The van der Waals surface area contributed by atoms with Crippen LogP contribution >= 0.6 is 0 Å². The lowest BCUT2D eigenvalue weighted by Crippen LogP contribution is -2.22. The number of nitrogens with zero attached hydrogens (tertiary/aromatic N) is 3. The van der Waals surface area contributed by atoms with Gasteiger partial charge in [0, 0.05) is 12.7 Å². The summed E-state index contributed by atoms with van der Waals surface area (Å²) < 4.78 is 1.86. The van der Waals surface area contributed by atoms with Gasteiger partial charge in [0.05, 0.1) is 18.4 Å². The predicted octanol–water partition coefficient (Wildman–Crippen LogP) is 0.417. The largest absolute Gasteiger partial charge is 0.396 e. The summed E-state index contributed by atoms with van der Waals surface area (Å²) in [5.74, 6) is 0. The third-order valence-electron chi connectivity index (χ3n) is 1.90. The average Bonchev–Trinajstić information content (AvgIpc) is 2.47. The number of hydrogen-bond donors (Lipinski definition) is 1. The van der Waals surface area contributed by atoms with Crippen molar-refractivity contribution in [3.63, 3.8) is 0 Å². The smallest absolute Gasteiger partial charge is 0.0719 e. The Kier molecular flexibility index (Phi) is 3.10. The van der Waals surface area contributed by atoms with E-state index in [0.29, 0.717) is 0 Å². The Morgan fingerprint density at radius 3 is 2.92 bits per heavy atom. The summed E-state index contributed by atoms with van der Waals surface area (Å²) in [7, 11) is 2.09. The molecule has 0 amide bonds. The quantitative estimate of drug-likeness (QED) is 0.708. The zero-order chi connectivity index (χ0) is 8.97. The first-order chi connectivity index (χ1) is 5.72. The maximum Gasteiger partial charge on any atom is 0.0719 e. The van der Waals surface area contributed by atoms with Crippen LogP contribution in [0.3, 0.4) is 0 Å². The minimum absolute atomic E-state index is 0.731. The molecule has 4 heteroatoms. The number of rotatable bonds is 4. The van der Waals surface area contributed by atoms with Gasteiger partial charge in [-0.2, -0.15) is 5.10 Å². The predicted molar refractivity (Wildman–Crippen MR) is 49.8 cm³/mol. The molecule has 1 rings (SSSR count). The molecule has 0 aliphatic rings. The Labute approximate surface area is 73.0 Å². The normalized spacial score (nSPS) is 10.9. The molecule has 0 unspecified atom stereocenters. The SMILES string of the molecule is CCN(C)CCn1cc(N)cn1. The highest BCUT2D eigenvalue weighted by Gasteiger charge is 1.96. The second-order valence-corrected chi connectivity index (χ2v) is 2.93. The second-order valence-electron chi connectivity index (χ2n) is 2.93. The van der Waals surface area contributed by atoms with Crippen LogP contribution in [0.15, 0.2) is 12.4 Å². The van der Waals surface area contributed by atoms with Gasteiger partial charge in [0.15, 0.2) is 0 Å². The molecule has 1 aromatic heterocycles. The molecular formula is C8H16N4. The summed E-state index contributed by atoms with van der Waals surface area (Å²) in [5, 5.41) is 4.09. The lowest BCUT2D eigenvalue weighted by molar-refractivity contribution is 0.328. The van der Waals surface area contributed by atoms with Gasteiger partial charge in [-0.3, -0.25) is 4.68 Å². The molecule has 0 fully saturated rings. The molecule has 4 nitrogen and oxygen atoms in total.